The smallest absolute Gasteiger partial charge is 0.407 e. The number of halogens is 2. The molecule has 2 aromatic heterocycles. The Balaban J connectivity index is 1.54. The van der Waals surface area contributed by atoms with Crippen molar-refractivity contribution in [3.05, 3.63) is 53.4 Å². The number of hydrogen-bond donors (Lipinski definition) is 2. The zero-order valence-corrected chi connectivity index (χ0v) is 18.1. The summed E-state index contributed by atoms with van der Waals surface area (Å²) in [6, 6.07) is 6.27. The average molecular weight is 458 g/mol. The summed E-state index contributed by atoms with van der Waals surface area (Å²) in [7, 11) is 0. The highest BCUT2D eigenvalue weighted by Gasteiger charge is 2.29. The molecule has 33 heavy (non-hydrogen) atoms. The molecule has 0 aliphatic carbocycles. The molecule has 3 aromatic rings. The minimum Gasteiger partial charge on any atom is -0.465 e. The number of nitrogens with one attached hydrogen (secondary N) is 1. The fourth-order valence-corrected chi connectivity index (χ4v) is 4.26. The van der Waals surface area contributed by atoms with Crippen molar-refractivity contribution >= 4 is 17.4 Å². The molecule has 2 fully saturated rings. The van der Waals surface area contributed by atoms with E-state index in [1.54, 1.807) is 10.6 Å². The second-order valence-corrected chi connectivity index (χ2v) is 8.46. The van der Waals surface area contributed by atoms with Crippen molar-refractivity contribution in [2.24, 2.45) is 0 Å². The Bertz CT molecular complexity index is 1190. The van der Waals surface area contributed by atoms with Crippen molar-refractivity contribution in [2.45, 2.75) is 25.5 Å². The standard InChI is InChI=1S/C23H24F2N4O4/c1-13-2-3-29-19(9-16-10-28(23(30)31)4-5-33-16)22(27-20(29)6-13)21-17(24)7-14(8-18(21)25)26-15-11-32-12-15/h2-3,6-8,15-16,26H,4-5,9-12H2,1H3,(H,30,31)/t16-/m0/s1. The summed E-state index contributed by atoms with van der Waals surface area (Å²) in [4.78, 5) is 17.2. The fraction of sp³-hybridized carbons (Fsp3) is 0.391. The van der Waals surface area contributed by atoms with Crippen molar-refractivity contribution in [1.29, 1.82) is 0 Å². The monoisotopic (exact) mass is 458 g/mol. The average Bonchev–Trinajstić information content (AvgIpc) is 3.07. The first kappa shape index (κ1) is 21.6. The minimum absolute atomic E-state index is 0.0315. The molecule has 0 saturated carbocycles. The van der Waals surface area contributed by atoms with Gasteiger partial charge in [-0.05, 0) is 36.8 Å². The van der Waals surface area contributed by atoms with Crippen LogP contribution in [-0.2, 0) is 15.9 Å². The Hall–Kier alpha value is -3.24. The van der Waals surface area contributed by atoms with Gasteiger partial charge in [-0.25, -0.2) is 18.6 Å². The van der Waals surface area contributed by atoms with E-state index in [1.165, 1.54) is 17.0 Å². The van der Waals surface area contributed by atoms with Crippen LogP contribution in [0.5, 0.6) is 0 Å². The van der Waals surface area contributed by atoms with Crippen LogP contribution < -0.4 is 5.32 Å². The van der Waals surface area contributed by atoms with Gasteiger partial charge in [-0.1, -0.05) is 0 Å². The second-order valence-electron chi connectivity index (χ2n) is 8.46. The predicted molar refractivity (Wildman–Crippen MR) is 117 cm³/mol. The van der Waals surface area contributed by atoms with Crippen LogP contribution in [-0.4, -0.2) is 70.5 Å². The van der Waals surface area contributed by atoms with E-state index < -0.39 is 23.8 Å². The molecule has 4 heterocycles. The summed E-state index contributed by atoms with van der Waals surface area (Å²) in [5, 5.41) is 12.4. The molecule has 174 valence electrons. The van der Waals surface area contributed by atoms with E-state index in [2.05, 4.69) is 10.3 Å². The number of morpholine rings is 1. The maximum absolute atomic E-state index is 15.2. The number of pyridine rings is 1. The van der Waals surface area contributed by atoms with Gasteiger partial charge < -0.3 is 29.2 Å². The number of carboxylic acid groups (broad SMARTS) is 1. The number of nitrogens with zero attached hydrogens (tertiary/aromatic N) is 3. The van der Waals surface area contributed by atoms with Crippen LogP contribution in [0.15, 0.2) is 30.5 Å². The third-order valence-electron chi connectivity index (χ3n) is 6.00. The largest absolute Gasteiger partial charge is 0.465 e. The maximum Gasteiger partial charge on any atom is 0.407 e. The number of aromatic nitrogens is 2. The Kier molecular flexibility index (Phi) is 5.63. The van der Waals surface area contributed by atoms with Crippen LogP contribution in [0.25, 0.3) is 16.9 Å². The lowest BCUT2D eigenvalue weighted by atomic mass is 10.0. The van der Waals surface area contributed by atoms with E-state index in [4.69, 9.17) is 9.47 Å². The van der Waals surface area contributed by atoms with Gasteiger partial charge in [0.2, 0.25) is 0 Å². The van der Waals surface area contributed by atoms with Gasteiger partial charge in [0.15, 0.2) is 0 Å². The second kappa shape index (κ2) is 8.60. The van der Waals surface area contributed by atoms with Crippen LogP contribution in [0.1, 0.15) is 11.3 Å². The summed E-state index contributed by atoms with van der Waals surface area (Å²) in [5.41, 5.74) is 2.39. The first-order valence-electron chi connectivity index (χ1n) is 10.8. The highest BCUT2D eigenvalue weighted by molar-refractivity contribution is 5.70. The van der Waals surface area contributed by atoms with Gasteiger partial charge in [0.25, 0.3) is 0 Å². The Morgan fingerprint density at radius 2 is 2.03 bits per heavy atom. The van der Waals surface area contributed by atoms with Gasteiger partial charge in [-0.3, -0.25) is 0 Å². The quantitative estimate of drug-likeness (QED) is 0.610. The molecule has 2 aliphatic rings. The van der Waals surface area contributed by atoms with Crippen molar-refractivity contribution < 1.29 is 28.2 Å². The summed E-state index contributed by atoms with van der Waals surface area (Å²) < 4.78 is 43.1. The summed E-state index contributed by atoms with van der Waals surface area (Å²) in [6.45, 7) is 3.62. The number of ether oxygens (including phenoxy) is 2. The van der Waals surface area contributed by atoms with Crippen LogP contribution >= 0.6 is 0 Å². The SMILES string of the molecule is Cc1ccn2c(C[C@H]3CN(C(=O)O)CCO3)c(-c3c(F)cc(NC4COC4)cc3F)nc2c1. The van der Waals surface area contributed by atoms with E-state index in [0.717, 1.165) is 5.56 Å². The summed E-state index contributed by atoms with van der Waals surface area (Å²) in [6.07, 6.45) is 0.577. The minimum atomic E-state index is -1.02. The molecule has 5 rings (SSSR count). The zero-order valence-electron chi connectivity index (χ0n) is 18.1. The maximum atomic E-state index is 15.2. The topological polar surface area (TPSA) is 88.3 Å². The van der Waals surface area contributed by atoms with E-state index in [1.807, 2.05) is 19.1 Å². The summed E-state index contributed by atoms with van der Waals surface area (Å²) >= 11 is 0. The van der Waals surface area contributed by atoms with Crippen LogP contribution in [0.4, 0.5) is 19.3 Å². The number of anilines is 1. The molecule has 8 nitrogen and oxygen atoms in total. The number of hydrogen-bond acceptors (Lipinski definition) is 5. The first-order chi connectivity index (χ1) is 15.9. The number of benzene rings is 1. The molecule has 0 bridgehead atoms. The molecular weight excluding hydrogens is 434 g/mol. The number of carbonyl (C=O) groups is 1. The normalized spacial score (nSPS) is 19.0. The molecule has 1 amide bonds. The molecule has 0 spiro atoms. The Morgan fingerprint density at radius 3 is 2.70 bits per heavy atom. The van der Waals surface area contributed by atoms with Gasteiger partial charge in [0.05, 0.1) is 55.5 Å². The van der Waals surface area contributed by atoms with Crippen LogP contribution in [0.3, 0.4) is 0 Å². The molecule has 2 N–H and O–H groups in total. The number of fused-ring (bicyclic) bond motifs is 1. The van der Waals surface area contributed by atoms with E-state index >= 15 is 8.78 Å². The molecule has 10 heteroatoms. The third-order valence-corrected chi connectivity index (χ3v) is 6.00. The molecule has 2 saturated heterocycles. The molecule has 1 aromatic carbocycles. The van der Waals surface area contributed by atoms with Gasteiger partial charge in [0.1, 0.15) is 17.3 Å². The van der Waals surface area contributed by atoms with Crippen molar-refractivity contribution in [1.82, 2.24) is 14.3 Å². The third kappa shape index (κ3) is 4.23. The highest BCUT2D eigenvalue weighted by atomic mass is 19.1. The Labute approximate surface area is 188 Å². The molecule has 0 unspecified atom stereocenters. The number of imidazole rings is 1. The number of amides is 1. The van der Waals surface area contributed by atoms with E-state index in [-0.39, 0.29) is 43.4 Å². The number of rotatable bonds is 5. The number of aryl methyl sites for hydroxylation is 1. The lowest BCUT2D eigenvalue weighted by Crippen LogP contribution is -2.45. The van der Waals surface area contributed by atoms with Gasteiger partial charge in [0, 0.05) is 24.8 Å². The van der Waals surface area contributed by atoms with Crippen molar-refractivity contribution in [2.75, 3.05) is 38.2 Å². The predicted octanol–water partition coefficient (Wildman–Crippen LogP) is 3.32. The fourth-order valence-electron chi connectivity index (χ4n) is 4.26. The van der Waals surface area contributed by atoms with Gasteiger partial charge in [-0.2, -0.15) is 0 Å². The lowest BCUT2D eigenvalue weighted by Gasteiger charge is -2.31. The molecule has 2 aliphatic heterocycles. The molecule has 0 radical (unpaired) electrons. The van der Waals surface area contributed by atoms with Crippen LogP contribution in [0, 0.1) is 18.6 Å². The lowest BCUT2D eigenvalue weighted by molar-refractivity contribution is -0.0214. The Morgan fingerprint density at radius 1 is 1.27 bits per heavy atom. The zero-order chi connectivity index (χ0) is 23.1. The summed E-state index contributed by atoms with van der Waals surface area (Å²) in [5.74, 6) is -1.45. The first-order valence-corrected chi connectivity index (χ1v) is 10.8. The molecule has 1 atom stereocenters. The van der Waals surface area contributed by atoms with Gasteiger partial charge in [-0.15, -0.1) is 0 Å². The van der Waals surface area contributed by atoms with E-state index in [0.29, 0.717) is 30.2 Å². The van der Waals surface area contributed by atoms with Crippen LogP contribution in [0.2, 0.25) is 0 Å². The van der Waals surface area contributed by atoms with Gasteiger partial charge >= 0.3 is 6.09 Å². The van der Waals surface area contributed by atoms with Crippen molar-refractivity contribution in [3.8, 4) is 11.3 Å². The highest BCUT2D eigenvalue weighted by Crippen LogP contribution is 2.33. The molecular formula is C23H24F2N4O4. The van der Waals surface area contributed by atoms with E-state index in [9.17, 15) is 9.90 Å². The van der Waals surface area contributed by atoms with Crippen molar-refractivity contribution in [3.63, 3.8) is 0 Å².